The lowest BCUT2D eigenvalue weighted by atomic mass is 10.2. The van der Waals surface area contributed by atoms with Crippen molar-refractivity contribution in [3.05, 3.63) is 30.1 Å². The molecule has 18 heavy (non-hydrogen) atoms. The van der Waals surface area contributed by atoms with Crippen molar-refractivity contribution >= 4 is 5.97 Å². The summed E-state index contributed by atoms with van der Waals surface area (Å²) in [6.07, 6.45) is 4.70. The maximum absolute atomic E-state index is 10.6. The summed E-state index contributed by atoms with van der Waals surface area (Å²) in [4.78, 5) is 19.1. The zero-order chi connectivity index (χ0) is 12.8. The van der Waals surface area contributed by atoms with Gasteiger partial charge in [-0.3, -0.25) is 14.7 Å². The van der Waals surface area contributed by atoms with Crippen LogP contribution in [-0.4, -0.2) is 65.1 Å². The second kappa shape index (κ2) is 6.47. The minimum atomic E-state index is -0.737. The number of carboxylic acid groups (broad SMARTS) is 1. The standard InChI is InChI=1S/C13H19N3O2/c17-13(18)11-16-8-6-15(7-9-16)5-3-12-2-1-4-14-10-12/h1-2,4,10H,3,5-9,11H2,(H,17,18). The molecule has 0 atom stereocenters. The van der Waals surface area contributed by atoms with Gasteiger partial charge in [0.05, 0.1) is 6.54 Å². The third-order valence-electron chi connectivity index (χ3n) is 3.26. The number of aliphatic carboxylic acids is 1. The topological polar surface area (TPSA) is 56.7 Å². The Balaban J connectivity index is 1.69. The van der Waals surface area contributed by atoms with Crippen molar-refractivity contribution in [2.24, 2.45) is 0 Å². The zero-order valence-electron chi connectivity index (χ0n) is 10.5. The maximum atomic E-state index is 10.6. The normalized spacial score (nSPS) is 17.8. The zero-order valence-corrected chi connectivity index (χ0v) is 10.5. The number of piperazine rings is 1. The second-order valence-electron chi connectivity index (χ2n) is 4.62. The molecule has 1 aliphatic heterocycles. The van der Waals surface area contributed by atoms with Gasteiger partial charge in [-0.15, -0.1) is 0 Å². The molecule has 0 unspecified atom stereocenters. The van der Waals surface area contributed by atoms with Crippen molar-refractivity contribution in [1.82, 2.24) is 14.8 Å². The molecular weight excluding hydrogens is 230 g/mol. The summed E-state index contributed by atoms with van der Waals surface area (Å²) in [5.74, 6) is -0.737. The fourth-order valence-electron chi connectivity index (χ4n) is 2.20. The van der Waals surface area contributed by atoms with Gasteiger partial charge in [0.1, 0.15) is 0 Å². The van der Waals surface area contributed by atoms with E-state index < -0.39 is 5.97 Å². The Hall–Kier alpha value is -1.46. The molecule has 98 valence electrons. The van der Waals surface area contributed by atoms with Crippen LogP contribution in [0.3, 0.4) is 0 Å². The predicted octanol–water partition coefficient (Wildman–Crippen LogP) is 0.326. The van der Waals surface area contributed by atoms with Gasteiger partial charge in [0.15, 0.2) is 0 Å². The molecule has 1 fully saturated rings. The lowest BCUT2D eigenvalue weighted by Crippen LogP contribution is -2.48. The van der Waals surface area contributed by atoms with E-state index in [2.05, 4.69) is 16.0 Å². The van der Waals surface area contributed by atoms with Crippen LogP contribution in [0.15, 0.2) is 24.5 Å². The van der Waals surface area contributed by atoms with Gasteiger partial charge in [0, 0.05) is 45.1 Å². The molecule has 0 radical (unpaired) electrons. The van der Waals surface area contributed by atoms with Crippen molar-refractivity contribution in [3.63, 3.8) is 0 Å². The lowest BCUT2D eigenvalue weighted by Gasteiger charge is -2.33. The second-order valence-corrected chi connectivity index (χ2v) is 4.62. The molecule has 0 spiro atoms. The predicted molar refractivity (Wildman–Crippen MR) is 68.5 cm³/mol. The third kappa shape index (κ3) is 4.09. The molecule has 2 heterocycles. The highest BCUT2D eigenvalue weighted by atomic mass is 16.4. The first-order valence-corrected chi connectivity index (χ1v) is 6.29. The minimum absolute atomic E-state index is 0.163. The molecule has 0 aliphatic carbocycles. The highest BCUT2D eigenvalue weighted by molar-refractivity contribution is 5.69. The molecule has 5 heteroatoms. The molecule has 0 amide bonds. The van der Waals surface area contributed by atoms with Gasteiger partial charge in [-0.25, -0.2) is 0 Å². The fraction of sp³-hybridized carbons (Fsp3) is 0.538. The van der Waals surface area contributed by atoms with E-state index in [0.717, 1.165) is 39.1 Å². The van der Waals surface area contributed by atoms with Crippen LogP contribution >= 0.6 is 0 Å². The van der Waals surface area contributed by atoms with E-state index in [1.807, 2.05) is 17.2 Å². The first-order valence-electron chi connectivity index (χ1n) is 6.29. The summed E-state index contributed by atoms with van der Waals surface area (Å²) in [6, 6.07) is 4.05. The Labute approximate surface area is 107 Å². The molecule has 1 aromatic heterocycles. The fourth-order valence-corrected chi connectivity index (χ4v) is 2.20. The van der Waals surface area contributed by atoms with Crippen molar-refractivity contribution in [2.45, 2.75) is 6.42 Å². The highest BCUT2D eigenvalue weighted by Gasteiger charge is 2.18. The third-order valence-corrected chi connectivity index (χ3v) is 3.26. The molecule has 0 aromatic carbocycles. The molecule has 1 N–H and O–H groups in total. The van der Waals surface area contributed by atoms with Crippen LogP contribution in [0, 0.1) is 0 Å². The van der Waals surface area contributed by atoms with E-state index in [1.54, 1.807) is 6.20 Å². The van der Waals surface area contributed by atoms with E-state index in [9.17, 15) is 4.79 Å². The summed E-state index contributed by atoms with van der Waals surface area (Å²) in [5, 5.41) is 8.72. The number of aromatic nitrogens is 1. The first kappa shape index (κ1) is 13.0. The monoisotopic (exact) mass is 249 g/mol. The van der Waals surface area contributed by atoms with E-state index in [4.69, 9.17) is 5.11 Å². The number of nitrogens with zero attached hydrogens (tertiary/aromatic N) is 3. The lowest BCUT2D eigenvalue weighted by molar-refractivity contribution is -0.138. The van der Waals surface area contributed by atoms with Crippen molar-refractivity contribution < 1.29 is 9.90 Å². The molecule has 5 nitrogen and oxygen atoms in total. The Morgan fingerprint density at radius 2 is 2.00 bits per heavy atom. The molecule has 1 aromatic rings. The SMILES string of the molecule is O=C(O)CN1CCN(CCc2cccnc2)CC1. The number of carbonyl (C=O) groups is 1. The summed E-state index contributed by atoms with van der Waals surface area (Å²) >= 11 is 0. The van der Waals surface area contributed by atoms with Gasteiger partial charge in [0.2, 0.25) is 0 Å². The smallest absolute Gasteiger partial charge is 0.317 e. The summed E-state index contributed by atoms with van der Waals surface area (Å²) in [6.45, 7) is 4.78. The van der Waals surface area contributed by atoms with Gasteiger partial charge < -0.3 is 10.0 Å². The molecule has 1 aliphatic rings. The largest absolute Gasteiger partial charge is 0.480 e. The summed E-state index contributed by atoms with van der Waals surface area (Å²) in [5.41, 5.74) is 1.26. The number of hydrogen-bond donors (Lipinski definition) is 1. The average Bonchev–Trinajstić information content (AvgIpc) is 2.38. The van der Waals surface area contributed by atoms with E-state index >= 15 is 0 Å². The van der Waals surface area contributed by atoms with Crippen LogP contribution in [-0.2, 0) is 11.2 Å². The Bertz CT molecular complexity index is 375. The Kier molecular flexibility index (Phi) is 4.66. The Morgan fingerprint density at radius 1 is 1.28 bits per heavy atom. The van der Waals surface area contributed by atoms with Crippen LogP contribution in [0.2, 0.25) is 0 Å². The summed E-state index contributed by atoms with van der Waals surface area (Å²) < 4.78 is 0. The van der Waals surface area contributed by atoms with Gasteiger partial charge >= 0.3 is 5.97 Å². The quantitative estimate of drug-likeness (QED) is 0.815. The van der Waals surface area contributed by atoms with Crippen molar-refractivity contribution in [2.75, 3.05) is 39.3 Å². The van der Waals surface area contributed by atoms with Crippen LogP contribution in [0.1, 0.15) is 5.56 Å². The van der Waals surface area contributed by atoms with E-state index in [-0.39, 0.29) is 6.54 Å². The highest BCUT2D eigenvalue weighted by Crippen LogP contribution is 2.04. The van der Waals surface area contributed by atoms with Gasteiger partial charge in [-0.1, -0.05) is 6.07 Å². The number of rotatable bonds is 5. The molecular formula is C13H19N3O2. The van der Waals surface area contributed by atoms with E-state index in [0.29, 0.717) is 0 Å². The van der Waals surface area contributed by atoms with Crippen LogP contribution in [0.5, 0.6) is 0 Å². The molecule has 0 bridgehead atoms. The van der Waals surface area contributed by atoms with E-state index in [1.165, 1.54) is 5.56 Å². The average molecular weight is 249 g/mol. The maximum Gasteiger partial charge on any atom is 0.317 e. The Morgan fingerprint density at radius 3 is 2.61 bits per heavy atom. The van der Waals surface area contributed by atoms with Crippen LogP contribution in [0.4, 0.5) is 0 Å². The molecule has 1 saturated heterocycles. The molecule has 0 saturated carbocycles. The number of hydrogen-bond acceptors (Lipinski definition) is 4. The van der Waals surface area contributed by atoms with Crippen LogP contribution < -0.4 is 0 Å². The van der Waals surface area contributed by atoms with Gasteiger partial charge in [-0.2, -0.15) is 0 Å². The first-order chi connectivity index (χ1) is 8.74. The molecule has 2 rings (SSSR count). The number of carboxylic acids is 1. The van der Waals surface area contributed by atoms with Gasteiger partial charge in [-0.05, 0) is 18.1 Å². The van der Waals surface area contributed by atoms with Crippen molar-refractivity contribution in [3.8, 4) is 0 Å². The van der Waals surface area contributed by atoms with Gasteiger partial charge in [0.25, 0.3) is 0 Å². The van der Waals surface area contributed by atoms with Crippen molar-refractivity contribution in [1.29, 1.82) is 0 Å². The number of pyridine rings is 1. The minimum Gasteiger partial charge on any atom is -0.480 e. The summed E-state index contributed by atoms with van der Waals surface area (Å²) in [7, 11) is 0. The van der Waals surface area contributed by atoms with Crippen LogP contribution in [0.25, 0.3) is 0 Å².